The Morgan fingerprint density at radius 3 is 2.68 bits per heavy atom. The van der Waals surface area contributed by atoms with Gasteiger partial charge in [0.1, 0.15) is 17.1 Å². The van der Waals surface area contributed by atoms with Crippen LogP contribution < -0.4 is 10.2 Å². The number of phenols is 1. The highest BCUT2D eigenvalue weighted by Crippen LogP contribution is 2.25. The van der Waals surface area contributed by atoms with Crippen LogP contribution in [0.5, 0.6) is 11.5 Å². The average molecular weight is 417 g/mol. The van der Waals surface area contributed by atoms with Gasteiger partial charge in [0.2, 0.25) is 0 Å². The lowest BCUT2D eigenvalue weighted by Crippen LogP contribution is -2.16. The number of hydrogen-bond donors (Lipinski definition) is 2. The summed E-state index contributed by atoms with van der Waals surface area (Å²) in [4.78, 5) is 12.4. The molecule has 7 nitrogen and oxygen atoms in total. The van der Waals surface area contributed by atoms with Crippen molar-refractivity contribution < 1.29 is 19.1 Å². The zero-order chi connectivity index (χ0) is 22.0. The van der Waals surface area contributed by atoms with E-state index in [-0.39, 0.29) is 11.5 Å². The molecule has 0 aliphatic carbocycles. The van der Waals surface area contributed by atoms with Crippen molar-refractivity contribution in [2.75, 3.05) is 6.61 Å². The Morgan fingerprint density at radius 1 is 1.16 bits per heavy atom. The van der Waals surface area contributed by atoms with Crippen molar-refractivity contribution in [1.29, 1.82) is 0 Å². The van der Waals surface area contributed by atoms with Crippen LogP contribution >= 0.6 is 0 Å². The summed E-state index contributed by atoms with van der Waals surface area (Å²) in [5.41, 5.74) is 6.91. The van der Waals surface area contributed by atoms with Gasteiger partial charge in [-0.1, -0.05) is 0 Å². The molecule has 2 N–H and O–H groups in total. The fourth-order valence-electron chi connectivity index (χ4n) is 3.52. The molecule has 0 radical (unpaired) electrons. The average Bonchev–Trinajstić information content (AvgIpc) is 3.29. The van der Waals surface area contributed by atoms with Crippen LogP contribution in [0, 0.1) is 13.8 Å². The highest BCUT2D eigenvalue weighted by molar-refractivity contribution is 5.96. The van der Waals surface area contributed by atoms with Crippen LogP contribution in [-0.2, 0) is 0 Å². The monoisotopic (exact) mass is 417 g/mol. The molecular weight excluding hydrogens is 394 g/mol. The molecule has 0 aliphatic rings. The predicted molar refractivity (Wildman–Crippen MR) is 119 cm³/mol. The Balaban J connectivity index is 1.50. The standard InChI is InChI=1S/C24H23N3O4/c1-4-30-21-9-10-22-17(12-21)13-23(31-22)24(29)26-25-14-18-11-15(2)27(16(18)3)19-5-7-20(28)8-6-19/h5-14,28H,4H2,1-3H3,(H,26,29)/b25-14+. The fraction of sp³-hybridized carbons (Fsp3) is 0.167. The third-order valence-corrected chi connectivity index (χ3v) is 4.97. The first-order valence-electron chi connectivity index (χ1n) is 9.94. The number of carbonyl (C=O) groups is 1. The van der Waals surface area contributed by atoms with E-state index < -0.39 is 5.91 Å². The SMILES string of the molecule is CCOc1ccc2oc(C(=O)N/N=C/c3cc(C)n(-c4ccc(O)cc4)c3C)cc2c1. The first-order valence-corrected chi connectivity index (χ1v) is 9.94. The smallest absolute Gasteiger partial charge is 0.307 e. The number of hydrazone groups is 1. The van der Waals surface area contributed by atoms with E-state index in [4.69, 9.17) is 9.15 Å². The van der Waals surface area contributed by atoms with Gasteiger partial charge in [-0.25, -0.2) is 5.43 Å². The summed E-state index contributed by atoms with van der Waals surface area (Å²) in [5, 5.41) is 14.4. The van der Waals surface area contributed by atoms with Crippen LogP contribution in [-0.4, -0.2) is 28.4 Å². The molecule has 31 heavy (non-hydrogen) atoms. The molecule has 0 atom stereocenters. The number of ether oxygens (including phenoxy) is 1. The molecule has 4 aromatic rings. The molecule has 0 fully saturated rings. The third-order valence-electron chi connectivity index (χ3n) is 4.97. The minimum Gasteiger partial charge on any atom is -0.508 e. The molecule has 0 saturated heterocycles. The molecule has 0 unspecified atom stereocenters. The molecule has 158 valence electrons. The molecule has 1 amide bonds. The van der Waals surface area contributed by atoms with Gasteiger partial charge in [-0.15, -0.1) is 0 Å². The lowest BCUT2D eigenvalue weighted by molar-refractivity contribution is 0.0929. The first-order chi connectivity index (χ1) is 15.0. The molecule has 2 aromatic heterocycles. The van der Waals surface area contributed by atoms with Crippen LogP contribution in [0.25, 0.3) is 16.7 Å². The van der Waals surface area contributed by atoms with Gasteiger partial charge in [0.15, 0.2) is 5.76 Å². The van der Waals surface area contributed by atoms with E-state index in [9.17, 15) is 9.90 Å². The maximum atomic E-state index is 12.4. The molecule has 7 heteroatoms. The normalized spacial score (nSPS) is 11.3. The number of phenolic OH excluding ortho intramolecular Hbond substituents is 1. The summed E-state index contributed by atoms with van der Waals surface area (Å²) in [6.45, 7) is 6.44. The van der Waals surface area contributed by atoms with E-state index in [1.165, 1.54) is 0 Å². The summed E-state index contributed by atoms with van der Waals surface area (Å²) >= 11 is 0. The Hall–Kier alpha value is -4.00. The summed E-state index contributed by atoms with van der Waals surface area (Å²) in [7, 11) is 0. The molecular formula is C24H23N3O4. The first kappa shape index (κ1) is 20.3. The number of hydrogen-bond acceptors (Lipinski definition) is 5. The number of fused-ring (bicyclic) bond motifs is 1. The summed E-state index contributed by atoms with van der Waals surface area (Å²) in [6.07, 6.45) is 1.60. The maximum absolute atomic E-state index is 12.4. The zero-order valence-corrected chi connectivity index (χ0v) is 17.5. The molecule has 2 heterocycles. The minimum absolute atomic E-state index is 0.176. The number of amides is 1. The second-order valence-corrected chi connectivity index (χ2v) is 7.12. The lowest BCUT2D eigenvalue weighted by atomic mass is 10.2. The fourth-order valence-corrected chi connectivity index (χ4v) is 3.52. The number of nitrogens with zero attached hydrogens (tertiary/aromatic N) is 2. The highest BCUT2D eigenvalue weighted by Gasteiger charge is 2.13. The number of aromatic nitrogens is 1. The summed E-state index contributed by atoms with van der Waals surface area (Å²) in [6, 6.07) is 16.0. The largest absolute Gasteiger partial charge is 0.508 e. The van der Waals surface area contributed by atoms with Crippen molar-refractivity contribution in [2.45, 2.75) is 20.8 Å². The van der Waals surface area contributed by atoms with Crippen LogP contribution in [0.15, 0.2) is 64.1 Å². The zero-order valence-electron chi connectivity index (χ0n) is 17.5. The number of furan rings is 1. The van der Waals surface area contributed by atoms with E-state index in [0.717, 1.165) is 33.8 Å². The van der Waals surface area contributed by atoms with Crippen LogP contribution in [0.2, 0.25) is 0 Å². The second kappa shape index (κ2) is 8.39. The quantitative estimate of drug-likeness (QED) is 0.351. The summed E-state index contributed by atoms with van der Waals surface area (Å²) < 4.78 is 13.1. The van der Waals surface area contributed by atoms with Crippen molar-refractivity contribution in [1.82, 2.24) is 9.99 Å². The summed E-state index contributed by atoms with van der Waals surface area (Å²) in [5.74, 6) is 0.688. The van der Waals surface area contributed by atoms with E-state index >= 15 is 0 Å². The van der Waals surface area contributed by atoms with Crippen LogP contribution in [0.3, 0.4) is 0 Å². The number of aryl methyl sites for hydroxylation is 1. The third kappa shape index (κ3) is 4.16. The molecule has 0 aliphatic heterocycles. The molecule has 2 aromatic carbocycles. The van der Waals surface area contributed by atoms with Crippen molar-refractivity contribution >= 4 is 23.1 Å². The topological polar surface area (TPSA) is 89.0 Å². The molecule has 0 saturated carbocycles. The number of carbonyl (C=O) groups excluding carboxylic acids is 1. The van der Waals surface area contributed by atoms with Crippen molar-refractivity contribution in [3.63, 3.8) is 0 Å². The highest BCUT2D eigenvalue weighted by atomic mass is 16.5. The maximum Gasteiger partial charge on any atom is 0.307 e. The molecule has 4 rings (SSSR count). The second-order valence-electron chi connectivity index (χ2n) is 7.12. The minimum atomic E-state index is -0.433. The van der Waals surface area contributed by atoms with Gasteiger partial charge < -0.3 is 18.8 Å². The van der Waals surface area contributed by atoms with Gasteiger partial charge in [-0.2, -0.15) is 5.10 Å². The van der Waals surface area contributed by atoms with Gasteiger partial charge in [-0.05, 0) is 75.4 Å². The van der Waals surface area contributed by atoms with Gasteiger partial charge in [0.25, 0.3) is 0 Å². The van der Waals surface area contributed by atoms with Gasteiger partial charge in [-0.3, -0.25) is 4.79 Å². The van der Waals surface area contributed by atoms with Gasteiger partial charge in [0.05, 0.1) is 12.8 Å². The van der Waals surface area contributed by atoms with Crippen LogP contribution in [0.1, 0.15) is 34.4 Å². The number of nitrogens with one attached hydrogen (secondary N) is 1. The van der Waals surface area contributed by atoms with Crippen LogP contribution in [0.4, 0.5) is 0 Å². The lowest BCUT2D eigenvalue weighted by Gasteiger charge is -2.09. The Morgan fingerprint density at radius 2 is 1.94 bits per heavy atom. The van der Waals surface area contributed by atoms with Crippen molar-refractivity contribution in [2.24, 2.45) is 5.10 Å². The van der Waals surface area contributed by atoms with E-state index in [0.29, 0.717) is 12.2 Å². The number of rotatable bonds is 6. The molecule has 0 spiro atoms. The van der Waals surface area contributed by atoms with Crippen molar-refractivity contribution in [3.05, 3.63) is 77.3 Å². The van der Waals surface area contributed by atoms with E-state index in [2.05, 4.69) is 15.1 Å². The van der Waals surface area contributed by atoms with E-state index in [1.54, 1.807) is 36.5 Å². The van der Waals surface area contributed by atoms with Crippen molar-refractivity contribution in [3.8, 4) is 17.2 Å². The Labute approximate surface area is 179 Å². The number of benzene rings is 2. The predicted octanol–water partition coefficient (Wildman–Crippen LogP) is 4.71. The number of aromatic hydroxyl groups is 1. The van der Waals surface area contributed by atoms with Gasteiger partial charge in [0, 0.05) is 28.0 Å². The Kier molecular flexibility index (Phi) is 5.49. The van der Waals surface area contributed by atoms with Gasteiger partial charge >= 0.3 is 5.91 Å². The Bertz CT molecular complexity index is 1270. The molecule has 0 bridgehead atoms. The van der Waals surface area contributed by atoms with E-state index in [1.807, 2.05) is 45.0 Å².